The van der Waals surface area contributed by atoms with Gasteiger partial charge in [0.05, 0.1) is 27.5 Å². The summed E-state index contributed by atoms with van der Waals surface area (Å²) in [6.07, 6.45) is 1.62. The van der Waals surface area contributed by atoms with Crippen LogP contribution in [-0.2, 0) is 0 Å². The number of hydrogen-bond donors (Lipinski definition) is 1. The molecule has 0 unspecified atom stereocenters. The van der Waals surface area contributed by atoms with Gasteiger partial charge < -0.3 is 4.57 Å². The van der Waals surface area contributed by atoms with Crippen LogP contribution in [0, 0.1) is 5.41 Å². The van der Waals surface area contributed by atoms with Crippen molar-refractivity contribution in [1.29, 1.82) is 5.41 Å². The summed E-state index contributed by atoms with van der Waals surface area (Å²) in [5.41, 5.74) is 4.73. The minimum atomic E-state index is -0.717. The molecule has 0 saturated heterocycles. The Kier molecular flexibility index (Phi) is 6.12. The number of nitrogens with zero attached hydrogens (tertiary/aromatic N) is 3. The molecular weight excluding hydrogens is 669 g/mol. The van der Waals surface area contributed by atoms with E-state index in [2.05, 4.69) is 0 Å². The zero-order valence-electron chi connectivity index (χ0n) is 41.1. The van der Waals surface area contributed by atoms with Crippen molar-refractivity contribution in [3.05, 3.63) is 223 Å². The van der Waals surface area contributed by atoms with Gasteiger partial charge in [-0.25, -0.2) is 9.98 Å². The molecule has 0 bridgehead atoms. The molecule has 0 fully saturated rings. The van der Waals surface area contributed by atoms with Crippen LogP contribution in [0.1, 0.15) is 33.1 Å². The lowest BCUT2D eigenvalue weighted by Gasteiger charge is -2.09. The van der Waals surface area contributed by atoms with Crippen LogP contribution in [-0.4, -0.2) is 22.5 Å². The van der Waals surface area contributed by atoms with Gasteiger partial charge in [0.1, 0.15) is 0 Å². The van der Waals surface area contributed by atoms with Gasteiger partial charge in [-0.05, 0) is 75.2 Å². The average molecular weight is 717 g/mol. The largest absolute Gasteiger partial charge is 0.309 e. The molecule has 1 heterocycles. The highest BCUT2D eigenvalue weighted by atomic mass is 15.0. The Morgan fingerprint density at radius 1 is 0.509 bits per heavy atom. The lowest BCUT2D eigenvalue weighted by atomic mass is 10.0. The van der Waals surface area contributed by atoms with Crippen molar-refractivity contribution in [2.24, 2.45) is 9.98 Å². The molecule has 0 radical (unpaired) electrons. The van der Waals surface area contributed by atoms with Gasteiger partial charge >= 0.3 is 0 Å². The van der Waals surface area contributed by atoms with Gasteiger partial charge in [0.2, 0.25) is 0 Å². The number of aliphatic imine (C=N–C) groups is 2. The van der Waals surface area contributed by atoms with E-state index in [0.717, 1.165) is 32.4 Å². The fourth-order valence-electron chi connectivity index (χ4n) is 6.37. The van der Waals surface area contributed by atoms with E-state index in [-0.39, 0.29) is 44.6 Å². The highest BCUT2D eigenvalue weighted by Crippen LogP contribution is 2.35. The Morgan fingerprint density at radius 2 is 1.11 bits per heavy atom. The topological polar surface area (TPSA) is 53.5 Å². The molecule has 55 heavy (non-hydrogen) atoms. The number of hydrogen-bond acceptors (Lipinski definition) is 1. The van der Waals surface area contributed by atoms with Crippen molar-refractivity contribution in [2.75, 3.05) is 0 Å². The smallest absolute Gasteiger partial charge is 0.161 e. The molecule has 0 aliphatic carbocycles. The first-order valence-corrected chi connectivity index (χ1v) is 17.4. The quantitative estimate of drug-likeness (QED) is 0.126. The zero-order chi connectivity index (χ0) is 47.4. The zero-order valence-corrected chi connectivity index (χ0v) is 29.1. The van der Waals surface area contributed by atoms with Crippen molar-refractivity contribution in [1.82, 2.24) is 4.57 Å². The number of nitrogens with one attached hydrogen (secondary N) is 1. The van der Waals surface area contributed by atoms with E-state index in [1.54, 1.807) is 42.6 Å². The van der Waals surface area contributed by atoms with Crippen LogP contribution in [0.25, 0.3) is 60.9 Å². The molecule has 9 aromatic rings. The monoisotopic (exact) mass is 716 g/mol. The minimum absolute atomic E-state index is 0.0849. The molecule has 0 aliphatic heterocycles. The SMILES string of the molecule is [2H]c1c([2H])c([2H])c(-n2c3c([2H])c([2H])c([2H])c([2H])c3c3c([2H])c(-c4cccc(C(N=Cc5ccc(-c6ccccc6)cc5)=NC(=N)c5ccc(-c6ccccc6)cc5)c4)c([2H])c([2H])c32)c([2H])c1[2H]. The van der Waals surface area contributed by atoms with E-state index >= 15 is 0 Å². The summed E-state index contributed by atoms with van der Waals surface area (Å²) in [6.45, 7) is 0. The predicted octanol–water partition coefficient (Wildman–Crippen LogP) is 12.7. The molecule has 4 heteroatoms. The molecule has 260 valence electrons. The molecule has 1 N–H and O–H groups in total. The van der Waals surface area contributed by atoms with Gasteiger partial charge in [-0.15, -0.1) is 0 Å². The maximum atomic E-state index is 9.68. The molecule has 1 aromatic heterocycles. The van der Waals surface area contributed by atoms with Gasteiger partial charge in [-0.3, -0.25) is 5.41 Å². The van der Waals surface area contributed by atoms with Gasteiger partial charge in [-0.2, -0.15) is 0 Å². The van der Waals surface area contributed by atoms with Crippen LogP contribution in [0.3, 0.4) is 0 Å². The number of fused-ring (bicyclic) bond motifs is 3. The maximum Gasteiger partial charge on any atom is 0.161 e. The molecule has 0 saturated carbocycles. The van der Waals surface area contributed by atoms with Crippen LogP contribution in [0.5, 0.6) is 0 Å². The Hall–Kier alpha value is -7.43. The normalized spacial score (nSPS) is 14.8. The maximum absolute atomic E-state index is 9.68. The number of rotatable bonds is 7. The van der Waals surface area contributed by atoms with E-state index < -0.39 is 78.2 Å². The molecule has 0 aliphatic rings. The van der Waals surface area contributed by atoms with E-state index in [0.29, 0.717) is 11.1 Å². The third-order valence-corrected chi connectivity index (χ3v) is 9.11. The summed E-state index contributed by atoms with van der Waals surface area (Å²) in [5.74, 6) is 0.0201. The highest BCUT2D eigenvalue weighted by molar-refractivity contribution is 6.14. The van der Waals surface area contributed by atoms with Crippen molar-refractivity contribution in [3.63, 3.8) is 0 Å². The van der Waals surface area contributed by atoms with Gasteiger partial charge in [-0.1, -0.05) is 170 Å². The van der Waals surface area contributed by atoms with Gasteiger partial charge in [0.25, 0.3) is 0 Å². The number of para-hydroxylation sites is 2. The molecule has 0 spiro atoms. The average Bonchev–Trinajstić information content (AvgIpc) is 3.71. The van der Waals surface area contributed by atoms with Crippen LogP contribution < -0.4 is 0 Å². The molecule has 4 nitrogen and oxygen atoms in total. The van der Waals surface area contributed by atoms with Crippen LogP contribution in [0.4, 0.5) is 0 Å². The van der Waals surface area contributed by atoms with E-state index in [1.807, 2.05) is 97.1 Å². The molecule has 8 aromatic carbocycles. The van der Waals surface area contributed by atoms with Crippen molar-refractivity contribution in [2.45, 2.75) is 0 Å². The molecule has 9 rings (SSSR count). The summed E-state index contributed by atoms with van der Waals surface area (Å²) in [7, 11) is 0. The Labute approximate surface area is 337 Å². The van der Waals surface area contributed by atoms with E-state index in [9.17, 15) is 4.11 Å². The summed E-state index contributed by atoms with van der Waals surface area (Å²) in [5, 5.41) is 8.71. The van der Waals surface area contributed by atoms with Crippen LogP contribution in [0.15, 0.2) is 216 Å². The molecule has 0 atom stereocenters. The first kappa shape index (κ1) is 22.6. The number of aromatic nitrogens is 1. The summed E-state index contributed by atoms with van der Waals surface area (Å²) in [6, 6.07) is 34.0. The summed E-state index contributed by atoms with van der Waals surface area (Å²) in [4.78, 5) is 9.49. The fourth-order valence-corrected chi connectivity index (χ4v) is 6.37. The van der Waals surface area contributed by atoms with Gasteiger partial charge in [0, 0.05) is 33.8 Å². The Morgan fingerprint density at radius 3 is 1.82 bits per heavy atom. The highest BCUT2D eigenvalue weighted by Gasteiger charge is 2.14. The standard InChI is InChI=1S/C51H36N4/c52-50(41-29-27-40(28-30-41)38-15-6-2-7-16-38)54-51(53-35-36-23-25-39(26-24-36)37-13-4-1-5-14-37)44-18-12-17-42(33-44)43-31-32-49-47(34-43)46-21-10-11-22-48(46)55(49)45-19-8-3-9-20-45/h1-35,52H/i3D,8D,9D,10D,11D,19D,20D,21D,22D,31D,32D,34D. The third-order valence-electron chi connectivity index (χ3n) is 9.11. The van der Waals surface area contributed by atoms with Crippen LogP contribution in [0.2, 0.25) is 0 Å². The van der Waals surface area contributed by atoms with E-state index in [4.69, 9.17) is 27.7 Å². The minimum Gasteiger partial charge on any atom is -0.309 e. The predicted molar refractivity (Wildman–Crippen MR) is 231 cm³/mol. The Bertz CT molecular complexity index is 3510. The lowest BCUT2D eigenvalue weighted by Crippen LogP contribution is -2.05. The summed E-state index contributed by atoms with van der Waals surface area (Å²) < 4.78 is 107. The first-order chi connectivity index (χ1) is 32.2. The second kappa shape index (κ2) is 14.9. The third kappa shape index (κ3) is 6.93. The van der Waals surface area contributed by atoms with Crippen molar-refractivity contribution in [3.8, 4) is 39.1 Å². The second-order valence-corrected chi connectivity index (χ2v) is 12.6. The first-order valence-electron chi connectivity index (χ1n) is 23.4. The molecule has 0 amide bonds. The number of benzene rings is 8. The van der Waals surface area contributed by atoms with Crippen molar-refractivity contribution < 1.29 is 16.4 Å². The summed E-state index contributed by atoms with van der Waals surface area (Å²) >= 11 is 0. The molecular formula is C51H36N4. The second-order valence-electron chi connectivity index (χ2n) is 12.6. The fraction of sp³-hybridized carbons (Fsp3) is 0. The van der Waals surface area contributed by atoms with Gasteiger partial charge in [0.15, 0.2) is 11.7 Å². The lowest BCUT2D eigenvalue weighted by molar-refractivity contribution is 1.18. The Balaban J connectivity index is 1.22. The number of amidine groups is 2. The van der Waals surface area contributed by atoms with Crippen LogP contribution >= 0.6 is 0 Å². The van der Waals surface area contributed by atoms with Crippen molar-refractivity contribution >= 4 is 39.7 Å². The van der Waals surface area contributed by atoms with E-state index in [1.165, 1.54) is 0 Å².